The molecule has 0 heterocycles. The van der Waals surface area contributed by atoms with E-state index in [9.17, 15) is 20.2 Å². The molecule has 0 rings (SSSR count). The molecule has 0 aliphatic rings. The molecule has 0 radical (unpaired) electrons. The molecule has 0 spiro atoms. The molecule has 0 aromatic rings. The minimum absolute atomic E-state index is 0.450. The molecule has 0 amide bonds. The minimum Gasteiger partial charge on any atom is -0.312 e. The summed E-state index contributed by atoms with van der Waals surface area (Å²) in [5, 5.41) is 17.1. The van der Waals surface area contributed by atoms with Crippen LogP contribution in [0.3, 0.4) is 0 Å². The van der Waals surface area contributed by atoms with Crippen LogP contribution in [0.1, 0.15) is 6.92 Å². The SMILES string of the molecule is C[C@H](CO[N+](=O)[O-])O[N+](=O)[O-]. The van der Waals surface area contributed by atoms with Gasteiger partial charge >= 0.3 is 0 Å². The lowest BCUT2D eigenvalue weighted by Gasteiger charge is -2.05. The highest BCUT2D eigenvalue weighted by Crippen LogP contribution is 1.91. The van der Waals surface area contributed by atoms with Crippen molar-refractivity contribution in [2.45, 2.75) is 13.0 Å². The first kappa shape index (κ1) is 9.40. The third kappa shape index (κ3) is 6.28. The third-order valence-corrected chi connectivity index (χ3v) is 0.681. The van der Waals surface area contributed by atoms with Gasteiger partial charge < -0.3 is 9.68 Å². The monoisotopic (exact) mass is 166 g/mol. The van der Waals surface area contributed by atoms with Crippen LogP contribution in [-0.4, -0.2) is 22.9 Å². The molecule has 0 saturated carbocycles. The van der Waals surface area contributed by atoms with E-state index < -0.39 is 22.9 Å². The van der Waals surface area contributed by atoms with Crippen molar-refractivity contribution in [2.75, 3.05) is 6.61 Å². The fraction of sp³-hybridized carbons (Fsp3) is 1.00. The van der Waals surface area contributed by atoms with E-state index in [4.69, 9.17) is 0 Å². The van der Waals surface area contributed by atoms with E-state index in [2.05, 4.69) is 9.68 Å². The normalized spacial score (nSPS) is 11.7. The highest BCUT2D eigenvalue weighted by atomic mass is 17.0. The molecule has 0 aliphatic carbocycles. The van der Waals surface area contributed by atoms with Gasteiger partial charge in [0, 0.05) is 0 Å². The summed E-state index contributed by atoms with van der Waals surface area (Å²) in [7, 11) is 0. The molecule has 0 unspecified atom stereocenters. The molecule has 0 fully saturated rings. The Labute approximate surface area is 60.9 Å². The lowest BCUT2D eigenvalue weighted by molar-refractivity contribution is -0.789. The molecule has 64 valence electrons. The molecule has 0 aliphatic heterocycles. The van der Waals surface area contributed by atoms with Crippen LogP contribution in [0.15, 0.2) is 0 Å². The summed E-state index contributed by atoms with van der Waals surface area (Å²) < 4.78 is 0. The van der Waals surface area contributed by atoms with Gasteiger partial charge in [0.1, 0.15) is 12.7 Å². The molecule has 0 saturated heterocycles. The zero-order valence-electron chi connectivity index (χ0n) is 5.63. The predicted molar refractivity (Wildman–Crippen MR) is 30.5 cm³/mol. The fourth-order valence-electron chi connectivity index (χ4n) is 0.343. The molecular weight excluding hydrogens is 160 g/mol. The molecule has 8 heteroatoms. The molecule has 1 atom stereocenters. The van der Waals surface area contributed by atoms with Crippen molar-refractivity contribution in [1.82, 2.24) is 0 Å². The molecular formula is C3H6N2O6. The number of rotatable bonds is 5. The van der Waals surface area contributed by atoms with E-state index in [1.807, 2.05) is 0 Å². The Balaban J connectivity index is 3.44. The first-order valence-electron chi connectivity index (χ1n) is 2.61. The second kappa shape index (κ2) is 4.25. The van der Waals surface area contributed by atoms with Gasteiger partial charge in [0.05, 0.1) is 0 Å². The highest BCUT2D eigenvalue weighted by Gasteiger charge is 2.08. The van der Waals surface area contributed by atoms with Gasteiger partial charge in [-0.2, -0.15) is 0 Å². The summed E-state index contributed by atoms with van der Waals surface area (Å²) in [6, 6.07) is 0. The summed E-state index contributed by atoms with van der Waals surface area (Å²) in [5.74, 6) is 0. The smallest absolute Gasteiger partial charge is 0.294 e. The molecule has 8 nitrogen and oxygen atoms in total. The number of nitrogens with zero attached hydrogens (tertiary/aromatic N) is 2. The maximum Gasteiger partial charge on any atom is 0.294 e. The van der Waals surface area contributed by atoms with Gasteiger partial charge in [-0.1, -0.05) is 0 Å². The van der Waals surface area contributed by atoms with Gasteiger partial charge in [0.15, 0.2) is 0 Å². The van der Waals surface area contributed by atoms with E-state index in [1.165, 1.54) is 6.92 Å². The maximum absolute atomic E-state index is 9.61. The molecule has 0 bridgehead atoms. The fourth-order valence-corrected chi connectivity index (χ4v) is 0.343. The van der Waals surface area contributed by atoms with Crippen molar-refractivity contribution in [2.24, 2.45) is 0 Å². The Kier molecular flexibility index (Phi) is 3.63. The maximum atomic E-state index is 9.61. The lowest BCUT2D eigenvalue weighted by atomic mass is 10.5. The lowest BCUT2D eigenvalue weighted by Crippen LogP contribution is -2.21. The van der Waals surface area contributed by atoms with Crippen LogP contribution in [0.4, 0.5) is 0 Å². The average molecular weight is 166 g/mol. The zero-order chi connectivity index (χ0) is 8.85. The summed E-state index contributed by atoms with van der Waals surface area (Å²) in [6.07, 6.45) is -0.935. The van der Waals surface area contributed by atoms with Gasteiger partial charge in [0.25, 0.3) is 10.2 Å². The molecule has 11 heavy (non-hydrogen) atoms. The first-order valence-corrected chi connectivity index (χ1v) is 2.61. The standard InChI is InChI=1S/C3H6N2O6/c1-3(11-5(8)9)2-10-4(6)7/h3H,2H2,1H3/t3-/m1/s1. The largest absolute Gasteiger partial charge is 0.312 e. The van der Waals surface area contributed by atoms with E-state index in [0.29, 0.717) is 0 Å². The van der Waals surface area contributed by atoms with Crippen molar-refractivity contribution in [3.8, 4) is 0 Å². The highest BCUT2D eigenvalue weighted by molar-refractivity contribution is 4.39. The van der Waals surface area contributed by atoms with E-state index in [-0.39, 0.29) is 0 Å². The van der Waals surface area contributed by atoms with Gasteiger partial charge in [-0.3, -0.25) is 0 Å². The Morgan fingerprint density at radius 2 is 1.91 bits per heavy atom. The predicted octanol–water partition coefficient (Wildman–Crippen LogP) is -0.209. The Morgan fingerprint density at radius 1 is 1.36 bits per heavy atom. The van der Waals surface area contributed by atoms with Crippen molar-refractivity contribution in [3.05, 3.63) is 20.2 Å². The first-order chi connectivity index (χ1) is 5.02. The minimum atomic E-state index is -1.04. The van der Waals surface area contributed by atoms with Gasteiger partial charge in [-0.25, -0.2) is 0 Å². The summed E-state index contributed by atoms with van der Waals surface area (Å²) >= 11 is 0. The quantitative estimate of drug-likeness (QED) is 0.413. The summed E-state index contributed by atoms with van der Waals surface area (Å²) in [5.41, 5.74) is 0. The Morgan fingerprint density at radius 3 is 2.27 bits per heavy atom. The number of hydrogen-bond acceptors (Lipinski definition) is 6. The van der Waals surface area contributed by atoms with E-state index in [1.54, 1.807) is 0 Å². The van der Waals surface area contributed by atoms with Crippen molar-refractivity contribution >= 4 is 0 Å². The number of hydrogen-bond donors (Lipinski definition) is 0. The van der Waals surface area contributed by atoms with E-state index in [0.717, 1.165) is 0 Å². The van der Waals surface area contributed by atoms with Crippen molar-refractivity contribution < 1.29 is 19.8 Å². The van der Waals surface area contributed by atoms with Crippen molar-refractivity contribution in [3.63, 3.8) is 0 Å². The summed E-state index contributed by atoms with van der Waals surface area (Å²) in [6.45, 7) is 0.834. The average Bonchev–Trinajstić information content (AvgIpc) is 1.82. The van der Waals surface area contributed by atoms with Crippen molar-refractivity contribution in [1.29, 1.82) is 0 Å². The summed E-state index contributed by atoms with van der Waals surface area (Å²) in [4.78, 5) is 26.9. The Bertz CT molecular complexity index is 158. The van der Waals surface area contributed by atoms with E-state index >= 15 is 0 Å². The van der Waals surface area contributed by atoms with Crippen LogP contribution in [-0.2, 0) is 9.68 Å². The third-order valence-electron chi connectivity index (χ3n) is 0.681. The zero-order valence-corrected chi connectivity index (χ0v) is 5.63. The van der Waals surface area contributed by atoms with Gasteiger partial charge in [-0.15, -0.1) is 20.2 Å². The van der Waals surface area contributed by atoms with Crippen LogP contribution < -0.4 is 0 Å². The molecule has 0 aromatic heterocycles. The molecule has 0 N–H and O–H groups in total. The van der Waals surface area contributed by atoms with Crippen LogP contribution in [0, 0.1) is 20.2 Å². The second-order valence-electron chi connectivity index (χ2n) is 1.66. The van der Waals surface area contributed by atoms with Gasteiger partial charge in [0.2, 0.25) is 0 Å². The van der Waals surface area contributed by atoms with Crippen LogP contribution in [0.25, 0.3) is 0 Å². The van der Waals surface area contributed by atoms with Crippen LogP contribution >= 0.6 is 0 Å². The molecule has 0 aromatic carbocycles. The van der Waals surface area contributed by atoms with Gasteiger partial charge in [-0.05, 0) is 6.92 Å². The van der Waals surface area contributed by atoms with Crippen LogP contribution in [0.5, 0.6) is 0 Å². The van der Waals surface area contributed by atoms with Crippen LogP contribution in [0.2, 0.25) is 0 Å². The topological polar surface area (TPSA) is 105 Å². The second-order valence-corrected chi connectivity index (χ2v) is 1.66. The Hall–Kier alpha value is -1.60.